The largest absolute Gasteiger partial charge is 0.479 e. The molecule has 0 spiro atoms. The standard InChI is InChI=1S/C13H12BrClN2O2/c1-6-3-11-9-4-8(15)5-10(14)12(9)19-7(2)13(18)17(11)16-6/h4-5,7,11H,3H2,1-2H3. The van der Waals surface area contributed by atoms with E-state index in [1.54, 1.807) is 13.0 Å². The van der Waals surface area contributed by atoms with Crippen molar-refractivity contribution in [1.29, 1.82) is 0 Å². The van der Waals surface area contributed by atoms with Crippen molar-refractivity contribution in [2.75, 3.05) is 0 Å². The average Bonchev–Trinajstić information content (AvgIpc) is 2.69. The van der Waals surface area contributed by atoms with E-state index in [-0.39, 0.29) is 11.9 Å². The van der Waals surface area contributed by atoms with Crippen molar-refractivity contribution in [2.24, 2.45) is 5.10 Å². The van der Waals surface area contributed by atoms with Crippen LogP contribution in [-0.2, 0) is 4.79 Å². The van der Waals surface area contributed by atoms with Crippen LogP contribution in [0.5, 0.6) is 5.75 Å². The molecule has 4 nitrogen and oxygen atoms in total. The molecule has 2 heterocycles. The van der Waals surface area contributed by atoms with Gasteiger partial charge in [0.05, 0.1) is 10.5 Å². The van der Waals surface area contributed by atoms with Gasteiger partial charge in [0.15, 0.2) is 6.10 Å². The minimum absolute atomic E-state index is 0.123. The Balaban J connectivity index is 2.19. The molecule has 2 unspecified atom stereocenters. The Morgan fingerprint density at radius 1 is 1.53 bits per heavy atom. The molecular formula is C13H12BrClN2O2. The molecule has 3 rings (SSSR count). The Kier molecular flexibility index (Phi) is 3.06. The molecule has 0 aliphatic carbocycles. The van der Waals surface area contributed by atoms with Crippen molar-refractivity contribution in [3.8, 4) is 5.75 Å². The van der Waals surface area contributed by atoms with Gasteiger partial charge in [-0.1, -0.05) is 11.6 Å². The average molecular weight is 344 g/mol. The zero-order chi connectivity index (χ0) is 13.7. The maximum atomic E-state index is 12.3. The van der Waals surface area contributed by atoms with Gasteiger partial charge in [0.25, 0.3) is 5.91 Å². The SMILES string of the molecule is CC1=NN2C(=O)C(C)Oc3c(Br)cc(Cl)cc3C2C1. The molecule has 1 aromatic carbocycles. The van der Waals surface area contributed by atoms with Crippen molar-refractivity contribution in [2.45, 2.75) is 32.4 Å². The number of hydrogen-bond acceptors (Lipinski definition) is 3. The van der Waals surface area contributed by atoms with E-state index in [0.717, 1.165) is 15.7 Å². The molecule has 0 fully saturated rings. The molecule has 0 saturated heterocycles. The second-order valence-electron chi connectivity index (χ2n) is 4.80. The predicted octanol–water partition coefficient (Wildman–Crippen LogP) is 3.53. The normalized spacial score (nSPS) is 25.4. The van der Waals surface area contributed by atoms with Gasteiger partial charge in [-0.2, -0.15) is 5.10 Å². The van der Waals surface area contributed by atoms with Crippen LogP contribution < -0.4 is 4.74 Å². The van der Waals surface area contributed by atoms with Gasteiger partial charge >= 0.3 is 0 Å². The zero-order valence-electron chi connectivity index (χ0n) is 10.5. The molecule has 0 aromatic heterocycles. The van der Waals surface area contributed by atoms with Gasteiger partial charge in [0, 0.05) is 22.7 Å². The maximum Gasteiger partial charge on any atom is 0.283 e. The minimum atomic E-state index is -0.559. The summed E-state index contributed by atoms with van der Waals surface area (Å²) in [5.41, 5.74) is 1.84. The highest BCUT2D eigenvalue weighted by atomic mass is 79.9. The summed E-state index contributed by atoms with van der Waals surface area (Å²) in [4.78, 5) is 12.3. The van der Waals surface area contributed by atoms with Gasteiger partial charge in [0.1, 0.15) is 5.75 Å². The number of nitrogens with zero attached hydrogens (tertiary/aromatic N) is 2. The third kappa shape index (κ3) is 2.05. The van der Waals surface area contributed by atoms with Crippen molar-refractivity contribution >= 4 is 39.1 Å². The van der Waals surface area contributed by atoms with E-state index in [1.807, 2.05) is 13.0 Å². The molecule has 0 N–H and O–H groups in total. The minimum Gasteiger partial charge on any atom is -0.479 e. The first kappa shape index (κ1) is 12.9. The Hall–Kier alpha value is -1.07. The first-order valence-corrected chi connectivity index (χ1v) is 7.17. The molecule has 0 saturated carbocycles. The molecule has 6 heteroatoms. The van der Waals surface area contributed by atoms with Crippen LogP contribution in [0, 0.1) is 0 Å². The fourth-order valence-electron chi connectivity index (χ4n) is 2.47. The summed E-state index contributed by atoms with van der Waals surface area (Å²) in [5, 5.41) is 6.46. The molecule has 0 bridgehead atoms. The van der Waals surface area contributed by atoms with Crippen LogP contribution in [0.25, 0.3) is 0 Å². The monoisotopic (exact) mass is 342 g/mol. The molecule has 2 aliphatic heterocycles. The molecule has 1 aromatic rings. The van der Waals surface area contributed by atoms with Crippen molar-refractivity contribution in [1.82, 2.24) is 5.01 Å². The Bertz CT molecular complexity index is 603. The lowest BCUT2D eigenvalue weighted by atomic mass is 10.0. The number of rotatable bonds is 0. The first-order valence-electron chi connectivity index (χ1n) is 6.00. The fraction of sp³-hybridized carbons (Fsp3) is 0.385. The summed E-state index contributed by atoms with van der Waals surface area (Å²) in [7, 11) is 0. The summed E-state index contributed by atoms with van der Waals surface area (Å²) >= 11 is 9.56. The molecule has 2 atom stereocenters. The number of hydrogen-bond donors (Lipinski definition) is 0. The summed E-state index contributed by atoms with van der Waals surface area (Å²) in [6.07, 6.45) is 0.151. The number of fused-ring (bicyclic) bond motifs is 3. The van der Waals surface area contributed by atoms with E-state index >= 15 is 0 Å². The lowest BCUT2D eigenvalue weighted by Gasteiger charge is -2.19. The summed E-state index contributed by atoms with van der Waals surface area (Å²) in [5.74, 6) is 0.559. The lowest BCUT2D eigenvalue weighted by molar-refractivity contribution is -0.138. The summed E-state index contributed by atoms with van der Waals surface area (Å²) in [6, 6.07) is 3.50. The highest BCUT2D eigenvalue weighted by Crippen LogP contribution is 2.44. The highest BCUT2D eigenvalue weighted by Gasteiger charge is 2.39. The predicted molar refractivity (Wildman–Crippen MR) is 76.6 cm³/mol. The van der Waals surface area contributed by atoms with E-state index in [1.165, 1.54) is 5.01 Å². The van der Waals surface area contributed by atoms with Crippen LogP contribution in [-0.4, -0.2) is 22.7 Å². The topological polar surface area (TPSA) is 41.9 Å². The third-order valence-electron chi connectivity index (χ3n) is 3.33. The van der Waals surface area contributed by atoms with Crippen molar-refractivity contribution < 1.29 is 9.53 Å². The molecule has 2 aliphatic rings. The Morgan fingerprint density at radius 2 is 2.26 bits per heavy atom. The number of ether oxygens (including phenoxy) is 1. The van der Waals surface area contributed by atoms with Crippen LogP contribution in [0.2, 0.25) is 5.02 Å². The van der Waals surface area contributed by atoms with E-state index in [4.69, 9.17) is 16.3 Å². The maximum absolute atomic E-state index is 12.3. The number of amides is 1. The summed E-state index contributed by atoms with van der Waals surface area (Å²) in [6.45, 7) is 3.66. The number of carbonyl (C=O) groups is 1. The second-order valence-corrected chi connectivity index (χ2v) is 6.09. The number of carbonyl (C=O) groups excluding carboxylic acids is 1. The van der Waals surface area contributed by atoms with Gasteiger partial charge in [-0.3, -0.25) is 4.79 Å². The molecule has 1 amide bonds. The molecule has 100 valence electrons. The molecular weight excluding hydrogens is 332 g/mol. The van der Waals surface area contributed by atoms with E-state index in [9.17, 15) is 4.79 Å². The van der Waals surface area contributed by atoms with E-state index < -0.39 is 6.10 Å². The fourth-order valence-corrected chi connectivity index (χ4v) is 3.40. The van der Waals surface area contributed by atoms with Crippen LogP contribution in [0.15, 0.2) is 21.7 Å². The quantitative estimate of drug-likeness (QED) is 0.723. The summed E-state index contributed by atoms with van der Waals surface area (Å²) < 4.78 is 6.53. The first-order chi connectivity index (χ1) is 8.97. The van der Waals surface area contributed by atoms with Gasteiger partial charge in [-0.25, -0.2) is 5.01 Å². The van der Waals surface area contributed by atoms with Crippen molar-refractivity contribution in [3.05, 3.63) is 27.2 Å². The smallest absolute Gasteiger partial charge is 0.283 e. The second kappa shape index (κ2) is 4.49. The third-order valence-corrected chi connectivity index (χ3v) is 4.13. The van der Waals surface area contributed by atoms with Gasteiger partial charge in [-0.15, -0.1) is 0 Å². The van der Waals surface area contributed by atoms with Crippen LogP contribution in [0.3, 0.4) is 0 Å². The van der Waals surface area contributed by atoms with Crippen LogP contribution >= 0.6 is 27.5 Å². The Labute approximate surface area is 124 Å². The van der Waals surface area contributed by atoms with Crippen molar-refractivity contribution in [3.63, 3.8) is 0 Å². The molecule has 19 heavy (non-hydrogen) atoms. The van der Waals surface area contributed by atoms with Crippen LogP contribution in [0.1, 0.15) is 31.9 Å². The molecule has 0 radical (unpaired) electrons. The van der Waals surface area contributed by atoms with Crippen LogP contribution in [0.4, 0.5) is 0 Å². The zero-order valence-corrected chi connectivity index (χ0v) is 12.8. The van der Waals surface area contributed by atoms with E-state index in [0.29, 0.717) is 17.2 Å². The Morgan fingerprint density at radius 3 is 3.00 bits per heavy atom. The van der Waals surface area contributed by atoms with Gasteiger partial charge in [-0.05, 0) is 41.9 Å². The number of benzene rings is 1. The lowest BCUT2D eigenvalue weighted by Crippen LogP contribution is -2.34. The van der Waals surface area contributed by atoms with Gasteiger partial charge in [0.2, 0.25) is 0 Å². The highest BCUT2D eigenvalue weighted by molar-refractivity contribution is 9.10. The van der Waals surface area contributed by atoms with E-state index in [2.05, 4.69) is 21.0 Å². The number of halogens is 2. The number of hydrazone groups is 1. The van der Waals surface area contributed by atoms with Gasteiger partial charge < -0.3 is 4.74 Å².